The highest BCUT2D eigenvalue weighted by atomic mass is 35.5. The van der Waals surface area contributed by atoms with Gasteiger partial charge in [0, 0.05) is 30.2 Å². The molecule has 132 valence electrons. The predicted molar refractivity (Wildman–Crippen MR) is 95.2 cm³/mol. The molecular formula is C18H19ClFN3O2. The first-order chi connectivity index (χ1) is 12.0. The first-order valence-corrected chi connectivity index (χ1v) is 8.14. The monoisotopic (exact) mass is 363 g/mol. The molecule has 0 aliphatic carbocycles. The average Bonchev–Trinajstić information content (AvgIpc) is 2.59. The van der Waals surface area contributed by atoms with Gasteiger partial charge in [-0.25, -0.2) is 9.18 Å². The van der Waals surface area contributed by atoms with Crippen molar-refractivity contribution in [1.29, 1.82) is 0 Å². The van der Waals surface area contributed by atoms with Crippen LogP contribution in [0.3, 0.4) is 0 Å². The van der Waals surface area contributed by atoms with Crippen LogP contribution in [0.5, 0.6) is 0 Å². The lowest BCUT2D eigenvalue weighted by Crippen LogP contribution is -2.40. The van der Waals surface area contributed by atoms with E-state index in [0.29, 0.717) is 17.1 Å². The van der Waals surface area contributed by atoms with E-state index in [1.165, 1.54) is 6.07 Å². The quantitative estimate of drug-likeness (QED) is 0.690. The number of carbonyl (C=O) groups excluding carboxylic acids is 2. The molecular weight excluding hydrogens is 345 g/mol. The summed E-state index contributed by atoms with van der Waals surface area (Å²) < 4.78 is 13.4. The fourth-order valence-electron chi connectivity index (χ4n) is 2.08. The molecule has 2 aromatic rings. The number of hydrogen-bond acceptors (Lipinski definition) is 2. The second-order valence-corrected chi connectivity index (χ2v) is 5.90. The van der Waals surface area contributed by atoms with Gasteiger partial charge in [-0.1, -0.05) is 29.8 Å². The molecule has 0 bridgehead atoms. The van der Waals surface area contributed by atoms with Crippen molar-refractivity contribution in [3.05, 3.63) is 70.0 Å². The molecule has 25 heavy (non-hydrogen) atoms. The van der Waals surface area contributed by atoms with Crippen LogP contribution >= 0.6 is 11.6 Å². The Bertz CT molecular complexity index is 768. The van der Waals surface area contributed by atoms with Crippen LogP contribution in [0.2, 0.25) is 5.02 Å². The molecule has 0 aromatic heterocycles. The Morgan fingerprint density at radius 1 is 1.04 bits per heavy atom. The Kier molecular flexibility index (Phi) is 6.77. The first-order valence-electron chi connectivity index (χ1n) is 7.76. The van der Waals surface area contributed by atoms with Crippen molar-refractivity contribution < 1.29 is 14.0 Å². The maximum atomic E-state index is 13.4. The van der Waals surface area contributed by atoms with Gasteiger partial charge >= 0.3 is 6.03 Å². The molecule has 3 amide bonds. The van der Waals surface area contributed by atoms with Crippen LogP contribution in [0, 0.1) is 12.7 Å². The molecule has 3 N–H and O–H groups in total. The van der Waals surface area contributed by atoms with Crippen molar-refractivity contribution in [2.24, 2.45) is 0 Å². The maximum Gasteiger partial charge on any atom is 0.315 e. The summed E-state index contributed by atoms with van der Waals surface area (Å²) in [5, 5.41) is 8.53. The summed E-state index contributed by atoms with van der Waals surface area (Å²) in [7, 11) is 0. The molecule has 0 unspecified atom stereocenters. The molecule has 0 atom stereocenters. The summed E-state index contributed by atoms with van der Waals surface area (Å²) >= 11 is 5.87. The molecule has 0 spiro atoms. The summed E-state index contributed by atoms with van der Waals surface area (Å²) in [6.45, 7) is 2.46. The van der Waals surface area contributed by atoms with Gasteiger partial charge in [0.15, 0.2) is 0 Å². The zero-order chi connectivity index (χ0) is 18.2. The summed E-state index contributed by atoms with van der Waals surface area (Å²) in [5.41, 5.74) is 1.61. The van der Waals surface area contributed by atoms with Crippen molar-refractivity contribution in [3.63, 3.8) is 0 Å². The van der Waals surface area contributed by atoms with E-state index in [0.717, 1.165) is 5.56 Å². The smallest absolute Gasteiger partial charge is 0.315 e. The summed E-state index contributed by atoms with van der Waals surface area (Å²) in [6.07, 6.45) is 0. The van der Waals surface area contributed by atoms with E-state index in [4.69, 9.17) is 11.6 Å². The predicted octanol–water partition coefficient (Wildman–Crippen LogP) is 3.02. The number of carbonyl (C=O) groups is 2. The van der Waals surface area contributed by atoms with Gasteiger partial charge in [-0.2, -0.15) is 0 Å². The molecule has 0 heterocycles. The van der Waals surface area contributed by atoms with Crippen molar-refractivity contribution in [3.8, 4) is 0 Å². The molecule has 0 radical (unpaired) electrons. The highest BCUT2D eigenvalue weighted by Crippen LogP contribution is 2.10. The Hall–Kier alpha value is -2.60. The lowest BCUT2D eigenvalue weighted by Gasteiger charge is -2.09. The highest BCUT2D eigenvalue weighted by molar-refractivity contribution is 6.30. The largest absolute Gasteiger partial charge is 0.350 e. The van der Waals surface area contributed by atoms with Crippen LogP contribution < -0.4 is 16.0 Å². The van der Waals surface area contributed by atoms with Crippen LogP contribution in [0.4, 0.5) is 9.18 Å². The van der Waals surface area contributed by atoms with Crippen LogP contribution in [0.15, 0.2) is 42.5 Å². The minimum absolute atomic E-state index is 0.235. The molecule has 2 rings (SSSR count). The van der Waals surface area contributed by atoms with Gasteiger partial charge in [-0.05, 0) is 42.3 Å². The van der Waals surface area contributed by atoms with Gasteiger partial charge < -0.3 is 16.0 Å². The van der Waals surface area contributed by atoms with E-state index in [9.17, 15) is 14.0 Å². The third-order valence-corrected chi connectivity index (χ3v) is 3.71. The lowest BCUT2D eigenvalue weighted by atomic mass is 10.1. The fraction of sp³-hybridized carbons (Fsp3) is 0.222. The normalized spacial score (nSPS) is 10.2. The number of urea groups is 1. The number of aryl methyl sites for hydroxylation is 1. The van der Waals surface area contributed by atoms with Crippen LogP contribution in [0.1, 0.15) is 21.5 Å². The van der Waals surface area contributed by atoms with Crippen LogP contribution in [-0.4, -0.2) is 25.0 Å². The third kappa shape index (κ3) is 6.08. The van der Waals surface area contributed by atoms with Crippen molar-refractivity contribution in [2.45, 2.75) is 13.5 Å². The van der Waals surface area contributed by atoms with Gasteiger partial charge in [0.25, 0.3) is 5.91 Å². The fourth-order valence-corrected chi connectivity index (χ4v) is 2.29. The van der Waals surface area contributed by atoms with E-state index >= 15 is 0 Å². The second-order valence-electron chi connectivity index (χ2n) is 5.46. The minimum atomic E-state index is -0.425. The number of halogens is 2. The Morgan fingerprint density at radius 2 is 1.80 bits per heavy atom. The molecule has 5 nitrogen and oxygen atoms in total. The van der Waals surface area contributed by atoms with Crippen LogP contribution in [0.25, 0.3) is 0 Å². The van der Waals surface area contributed by atoms with E-state index < -0.39 is 5.82 Å². The SMILES string of the molecule is Cc1ccc(C(=O)NCCNC(=O)NCc2cccc(Cl)c2)cc1F. The number of rotatable bonds is 6. The Labute approximate surface area is 150 Å². The number of hydrogen-bond donors (Lipinski definition) is 3. The lowest BCUT2D eigenvalue weighted by molar-refractivity contribution is 0.0953. The molecule has 0 aliphatic rings. The van der Waals surface area contributed by atoms with E-state index in [-0.39, 0.29) is 30.6 Å². The second kappa shape index (κ2) is 9.03. The van der Waals surface area contributed by atoms with Crippen molar-refractivity contribution in [1.82, 2.24) is 16.0 Å². The van der Waals surface area contributed by atoms with Crippen LogP contribution in [-0.2, 0) is 6.54 Å². The summed E-state index contributed by atoms with van der Waals surface area (Å²) in [4.78, 5) is 23.6. The van der Waals surface area contributed by atoms with Gasteiger partial charge in [0.2, 0.25) is 0 Å². The average molecular weight is 364 g/mol. The van der Waals surface area contributed by atoms with Gasteiger partial charge in [0.05, 0.1) is 0 Å². The maximum absolute atomic E-state index is 13.4. The number of benzene rings is 2. The van der Waals surface area contributed by atoms with Crippen molar-refractivity contribution >= 4 is 23.5 Å². The number of nitrogens with one attached hydrogen (secondary N) is 3. The molecule has 0 fully saturated rings. The molecule has 7 heteroatoms. The zero-order valence-electron chi connectivity index (χ0n) is 13.7. The first kappa shape index (κ1) is 18.7. The minimum Gasteiger partial charge on any atom is -0.350 e. The van der Waals surface area contributed by atoms with Gasteiger partial charge in [0.1, 0.15) is 5.82 Å². The van der Waals surface area contributed by atoms with E-state index in [1.807, 2.05) is 6.07 Å². The Balaban J connectivity index is 1.67. The summed E-state index contributed by atoms with van der Waals surface area (Å²) in [6, 6.07) is 11.1. The standard InChI is InChI=1S/C18H19ClFN3O2/c1-12-5-6-14(10-16(12)20)17(24)21-7-8-22-18(25)23-11-13-3-2-4-15(19)9-13/h2-6,9-10H,7-8,11H2,1H3,(H,21,24)(H2,22,23,25). The van der Waals surface area contributed by atoms with E-state index in [1.54, 1.807) is 37.3 Å². The molecule has 0 saturated heterocycles. The highest BCUT2D eigenvalue weighted by Gasteiger charge is 2.07. The molecule has 2 aromatic carbocycles. The van der Waals surface area contributed by atoms with Gasteiger partial charge in [-0.15, -0.1) is 0 Å². The van der Waals surface area contributed by atoms with Gasteiger partial charge in [-0.3, -0.25) is 4.79 Å². The topological polar surface area (TPSA) is 70.2 Å². The Morgan fingerprint density at radius 3 is 2.52 bits per heavy atom. The zero-order valence-corrected chi connectivity index (χ0v) is 14.5. The molecule has 0 aliphatic heterocycles. The number of amides is 3. The van der Waals surface area contributed by atoms with Crippen molar-refractivity contribution in [2.75, 3.05) is 13.1 Å². The van der Waals surface area contributed by atoms with E-state index in [2.05, 4.69) is 16.0 Å². The molecule has 0 saturated carbocycles. The summed E-state index contributed by atoms with van der Waals surface area (Å²) in [5.74, 6) is -0.814. The third-order valence-electron chi connectivity index (χ3n) is 3.47.